The SMILES string of the molecule is C=CCSc1nnnn1-c1ccc(C(C)C)cc1. The standard InChI is InChI=1S/C13H16N4S/c1-4-9-18-13-14-15-16-17(13)12-7-5-11(6-8-12)10(2)3/h4-8,10H,1,9H2,2-3H3. The minimum Gasteiger partial charge on any atom is -0.188 e. The summed E-state index contributed by atoms with van der Waals surface area (Å²) in [6.45, 7) is 8.05. The van der Waals surface area contributed by atoms with Gasteiger partial charge in [0.15, 0.2) is 0 Å². The van der Waals surface area contributed by atoms with Crippen LogP contribution in [-0.2, 0) is 0 Å². The molecule has 0 radical (unpaired) electrons. The van der Waals surface area contributed by atoms with E-state index in [0.717, 1.165) is 16.6 Å². The Kier molecular flexibility index (Phi) is 4.15. The topological polar surface area (TPSA) is 43.6 Å². The van der Waals surface area contributed by atoms with Crippen molar-refractivity contribution < 1.29 is 0 Å². The molecule has 0 bridgehead atoms. The highest BCUT2D eigenvalue weighted by Crippen LogP contribution is 2.20. The number of hydrogen-bond donors (Lipinski definition) is 0. The maximum Gasteiger partial charge on any atom is 0.214 e. The third-order valence-corrected chi connectivity index (χ3v) is 3.49. The largest absolute Gasteiger partial charge is 0.214 e. The Morgan fingerprint density at radius 2 is 2.06 bits per heavy atom. The van der Waals surface area contributed by atoms with E-state index in [4.69, 9.17) is 0 Å². The summed E-state index contributed by atoms with van der Waals surface area (Å²) in [5.74, 6) is 1.33. The first kappa shape index (κ1) is 12.8. The maximum atomic E-state index is 4.01. The lowest BCUT2D eigenvalue weighted by Gasteiger charge is -2.07. The second kappa shape index (κ2) is 5.82. The molecule has 0 saturated carbocycles. The summed E-state index contributed by atoms with van der Waals surface area (Å²) in [6, 6.07) is 8.32. The maximum absolute atomic E-state index is 4.01. The smallest absolute Gasteiger partial charge is 0.188 e. The zero-order chi connectivity index (χ0) is 13.0. The van der Waals surface area contributed by atoms with Crippen molar-refractivity contribution in [3.63, 3.8) is 0 Å². The molecule has 18 heavy (non-hydrogen) atoms. The van der Waals surface area contributed by atoms with Gasteiger partial charge >= 0.3 is 0 Å². The fourth-order valence-corrected chi connectivity index (χ4v) is 2.19. The number of thioether (sulfide) groups is 1. The van der Waals surface area contributed by atoms with Crippen LogP contribution in [0.25, 0.3) is 5.69 Å². The summed E-state index contributed by atoms with van der Waals surface area (Å²) < 4.78 is 1.75. The number of hydrogen-bond acceptors (Lipinski definition) is 4. The molecular formula is C13H16N4S. The van der Waals surface area contributed by atoms with E-state index < -0.39 is 0 Å². The van der Waals surface area contributed by atoms with Gasteiger partial charge < -0.3 is 0 Å². The highest BCUT2D eigenvalue weighted by Gasteiger charge is 2.08. The van der Waals surface area contributed by atoms with Crippen LogP contribution in [0.3, 0.4) is 0 Å². The van der Waals surface area contributed by atoms with Crippen LogP contribution in [0, 0.1) is 0 Å². The minimum absolute atomic E-state index is 0.530. The number of benzene rings is 1. The van der Waals surface area contributed by atoms with Gasteiger partial charge in [-0.25, -0.2) is 0 Å². The van der Waals surface area contributed by atoms with Crippen LogP contribution in [-0.4, -0.2) is 26.0 Å². The third kappa shape index (κ3) is 2.79. The second-order valence-electron chi connectivity index (χ2n) is 4.22. The molecule has 0 atom stereocenters. The molecule has 0 aliphatic carbocycles. The van der Waals surface area contributed by atoms with E-state index in [-0.39, 0.29) is 0 Å². The number of nitrogens with zero attached hydrogens (tertiary/aromatic N) is 4. The Bertz CT molecular complexity index is 516. The fourth-order valence-electron chi connectivity index (χ4n) is 1.56. The molecule has 1 heterocycles. The van der Waals surface area contributed by atoms with Crippen molar-refractivity contribution in [2.45, 2.75) is 24.9 Å². The van der Waals surface area contributed by atoms with Crippen molar-refractivity contribution in [2.24, 2.45) is 0 Å². The lowest BCUT2D eigenvalue weighted by Crippen LogP contribution is -1.99. The summed E-state index contributed by atoms with van der Waals surface area (Å²) in [4.78, 5) is 0. The number of rotatable bonds is 5. The quantitative estimate of drug-likeness (QED) is 0.612. The lowest BCUT2D eigenvalue weighted by atomic mass is 10.0. The van der Waals surface area contributed by atoms with Crippen LogP contribution in [0.2, 0.25) is 0 Å². The zero-order valence-corrected chi connectivity index (χ0v) is 11.4. The molecule has 2 aromatic rings. The Labute approximate surface area is 111 Å². The van der Waals surface area contributed by atoms with Crippen LogP contribution in [0.5, 0.6) is 0 Å². The molecular weight excluding hydrogens is 244 g/mol. The van der Waals surface area contributed by atoms with Gasteiger partial charge in [0.1, 0.15) is 0 Å². The highest BCUT2D eigenvalue weighted by molar-refractivity contribution is 7.99. The third-order valence-electron chi connectivity index (χ3n) is 2.58. The monoisotopic (exact) mass is 260 g/mol. The van der Waals surface area contributed by atoms with Crippen LogP contribution >= 0.6 is 11.8 Å². The summed E-state index contributed by atoms with van der Waals surface area (Å²) in [5.41, 5.74) is 2.29. The van der Waals surface area contributed by atoms with E-state index in [2.05, 4.69) is 48.1 Å². The van der Waals surface area contributed by atoms with Crippen molar-refractivity contribution in [3.05, 3.63) is 42.5 Å². The zero-order valence-electron chi connectivity index (χ0n) is 10.6. The van der Waals surface area contributed by atoms with Crippen molar-refractivity contribution in [2.75, 3.05) is 5.75 Å². The van der Waals surface area contributed by atoms with Crippen LogP contribution in [0.15, 0.2) is 42.1 Å². The van der Waals surface area contributed by atoms with E-state index in [9.17, 15) is 0 Å². The van der Waals surface area contributed by atoms with Gasteiger partial charge in [-0.15, -0.1) is 11.7 Å². The molecule has 1 aromatic heterocycles. The van der Waals surface area contributed by atoms with Gasteiger partial charge in [-0.05, 0) is 34.0 Å². The van der Waals surface area contributed by atoms with Crippen molar-refractivity contribution in [1.29, 1.82) is 0 Å². The summed E-state index contributed by atoms with van der Waals surface area (Å²) >= 11 is 1.57. The molecule has 0 fully saturated rings. The Morgan fingerprint density at radius 1 is 1.33 bits per heavy atom. The van der Waals surface area contributed by atoms with Gasteiger partial charge in [-0.2, -0.15) is 4.68 Å². The van der Waals surface area contributed by atoms with Crippen molar-refractivity contribution in [3.8, 4) is 5.69 Å². The van der Waals surface area contributed by atoms with E-state index in [1.165, 1.54) is 5.56 Å². The van der Waals surface area contributed by atoms with Gasteiger partial charge in [0.05, 0.1) is 5.69 Å². The predicted octanol–water partition coefficient (Wildman–Crippen LogP) is 3.06. The number of aromatic nitrogens is 4. The predicted molar refractivity (Wildman–Crippen MR) is 74.2 cm³/mol. The molecule has 4 nitrogen and oxygen atoms in total. The molecule has 2 rings (SSSR count). The molecule has 5 heteroatoms. The Morgan fingerprint density at radius 3 is 2.67 bits per heavy atom. The normalized spacial score (nSPS) is 10.8. The summed E-state index contributed by atoms with van der Waals surface area (Å²) in [5, 5.41) is 12.5. The molecule has 1 aromatic carbocycles. The summed E-state index contributed by atoms with van der Waals surface area (Å²) in [7, 11) is 0. The molecule has 0 aliphatic rings. The average Bonchev–Trinajstić information content (AvgIpc) is 2.84. The van der Waals surface area contributed by atoms with Gasteiger partial charge in [0, 0.05) is 5.75 Å². The van der Waals surface area contributed by atoms with Crippen LogP contribution in [0.1, 0.15) is 25.3 Å². The lowest BCUT2D eigenvalue weighted by molar-refractivity contribution is 0.755. The first-order valence-electron chi connectivity index (χ1n) is 5.84. The van der Waals surface area contributed by atoms with Gasteiger partial charge in [-0.3, -0.25) is 0 Å². The Hall–Kier alpha value is -1.62. The first-order chi connectivity index (χ1) is 8.72. The molecule has 0 unspecified atom stereocenters. The summed E-state index contributed by atoms with van der Waals surface area (Å²) in [6.07, 6.45) is 1.84. The van der Waals surface area contributed by atoms with Crippen LogP contribution < -0.4 is 0 Å². The van der Waals surface area contributed by atoms with Gasteiger partial charge in [0.25, 0.3) is 0 Å². The molecule has 0 saturated heterocycles. The van der Waals surface area contributed by atoms with Gasteiger partial charge in [0.2, 0.25) is 5.16 Å². The second-order valence-corrected chi connectivity index (χ2v) is 5.21. The molecule has 94 valence electrons. The van der Waals surface area contributed by atoms with Crippen molar-refractivity contribution in [1.82, 2.24) is 20.2 Å². The molecule has 0 N–H and O–H groups in total. The highest BCUT2D eigenvalue weighted by atomic mass is 32.2. The van der Waals surface area contributed by atoms with E-state index in [1.807, 2.05) is 18.2 Å². The minimum atomic E-state index is 0.530. The first-order valence-corrected chi connectivity index (χ1v) is 6.83. The van der Waals surface area contributed by atoms with E-state index in [1.54, 1.807) is 16.4 Å². The molecule has 0 aliphatic heterocycles. The van der Waals surface area contributed by atoms with Gasteiger partial charge in [-0.1, -0.05) is 43.8 Å². The molecule has 0 spiro atoms. The Balaban J connectivity index is 2.25. The van der Waals surface area contributed by atoms with Crippen molar-refractivity contribution >= 4 is 11.8 Å². The number of tetrazole rings is 1. The van der Waals surface area contributed by atoms with E-state index >= 15 is 0 Å². The van der Waals surface area contributed by atoms with Crippen LogP contribution in [0.4, 0.5) is 0 Å². The molecule has 0 amide bonds. The van der Waals surface area contributed by atoms with E-state index in [0.29, 0.717) is 5.92 Å². The fraction of sp³-hybridized carbons (Fsp3) is 0.308. The average molecular weight is 260 g/mol.